The molecule has 0 saturated carbocycles. The molecule has 0 bridgehead atoms. The number of hydrogen-bond donors (Lipinski definition) is 2. The Morgan fingerprint density at radius 3 is 2.78 bits per heavy atom. The molecule has 1 aliphatic rings. The van der Waals surface area contributed by atoms with Crippen molar-refractivity contribution in [3.8, 4) is 0 Å². The van der Waals surface area contributed by atoms with Gasteiger partial charge in [-0.25, -0.2) is 18.4 Å². The normalized spacial score (nSPS) is 22.3. The van der Waals surface area contributed by atoms with Crippen molar-refractivity contribution in [3.63, 3.8) is 0 Å². The molecule has 0 aromatic carbocycles. The number of carbonyl (C=O) groups excluding carboxylic acids is 1. The molecule has 1 unspecified atom stereocenters. The van der Waals surface area contributed by atoms with Crippen molar-refractivity contribution >= 4 is 21.6 Å². The van der Waals surface area contributed by atoms with Crippen molar-refractivity contribution < 1.29 is 13.2 Å². The van der Waals surface area contributed by atoms with Gasteiger partial charge in [-0.05, 0) is 12.8 Å². The summed E-state index contributed by atoms with van der Waals surface area (Å²) in [4.78, 5) is 19.4. The Kier molecular flexibility index (Phi) is 3.46. The molecule has 0 radical (unpaired) electrons. The highest BCUT2D eigenvalue weighted by atomic mass is 32.2. The van der Waals surface area contributed by atoms with Gasteiger partial charge in [-0.3, -0.25) is 4.79 Å². The van der Waals surface area contributed by atoms with Crippen LogP contribution in [0.5, 0.6) is 0 Å². The Hall–Kier alpha value is -1.70. The third-order valence-electron chi connectivity index (χ3n) is 2.70. The van der Waals surface area contributed by atoms with Gasteiger partial charge in [-0.15, -0.1) is 0 Å². The maximum atomic E-state index is 11.8. The maximum absolute atomic E-state index is 11.8. The number of nitrogens with one attached hydrogen (secondary N) is 1. The van der Waals surface area contributed by atoms with Gasteiger partial charge in [0, 0.05) is 6.04 Å². The SMILES string of the molecule is Nc1cnc(C(=O)NC2CCCS(=O)(=O)C2)cn1. The Bertz CT molecular complexity index is 541. The molecule has 1 aromatic heterocycles. The Morgan fingerprint density at radius 2 is 2.17 bits per heavy atom. The zero-order chi connectivity index (χ0) is 13.2. The summed E-state index contributed by atoms with van der Waals surface area (Å²) in [6.07, 6.45) is 3.78. The first kappa shape index (κ1) is 12.7. The van der Waals surface area contributed by atoms with Crippen LogP contribution in [0.15, 0.2) is 12.4 Å². The Morgan fingerprint density at radius 1 is 1.39 bits per heavy atom. The molecule has 1 atom stereocenters. The average Bonchev–Trinajstić information content (AvgIpc) is 2.28. The fourth-order valence-corrected chi connectivity index (χ4v) is 3.49. The molecule has 18 heavy (non-hydrogen) atoms. The molecule has 0 spiro atoms. The van der Waals surface area contributed by atoms with Gasteiger partial charge in [0.15, 0.2) is 9.84 Å². The standard InChI is InChI=1S/C10H14N4O3S/c11-9-5-12-8(4-13-9)10(15)14-7-2-1-3-18(16,17)6-7/h4-5,7H,1-3,6H2,(H2,11,13)(H,14,15). The van der Waals surface area contributed by atoms with Gasteiger partial charge >= 0.3 is 0 Å². The maximum Gasteiger partial charge on any atom is 0.271 e. The third kappa shape index (κ3) is 3.16. The molecule has 7 nitrogen and oxygen atoms in total. The molecular weight excluding hydrogens is 256 g/mol. The van der Waals surface area contributed by atoms with Crippen molar-refractivity contribution in [2.75, 3.05) is 17.2 Å². The summed E-state index contributed by atoms with van der Waals surface area (Å²) in [7, 11) is -3.04. The second-order valence-electron chi connectivity index (χ2n) is 4.25. The van der Waals surface area contributed by atoms with Crippen LogP contribution in [0.1, 0.15) is 23.3 Å². The molecular formula is C10H14N4O3S. The van der Waals surface area contributed by atoms with E-state index in [1.54, 1.807) is 0 Å². The van der Waals surface area contributed by atoms with Gasteiger partial charge in [-0.2, -0.15) is 0 Å². The number of anilines is 1. The molecule has 1 aliphatic heterocycles. The van der Waals surface area contributed by atoms with Gasteiger partial charge in [0.05, 0.1) is 23.9 Å². The van der Waals surface area contributed by atoms with E-state index in [1.807, 2.05) is 0 Å². The second-order valence-corrected chi connectivity index (χ2v) is 6.48. The lowest BCUT2D eigenvalue weighted by Crippen LogP contribution is -2.43. The van der Waals surface area contributed by atoms with Crippen molar-refractivity contribution in [1.29, 1.82) is 0 Å². The summed E-state index contributed by atoms with van der Waals surface area (Å²) in [5.74, 6) is -0.0151. The monoisotopic (exact) mass is 270 g/mol. The predicted molar refractivity (Wildman–Crippen MR) is 65.6 cm³/mol. The average molecular weight is 270 g/mol. The van der Waals surface area contributed by atoms with Crippen molar-refractivity contribution in [2.24, 2.45) is 0 Å². The molecule has 8 heteroatoms. The van der Waals surface area contributed by atoms with E-state index < -0.39 is 15.7 Å². The minimum atomic E-state index is -3.04. The fraction of sp³-hybridized carbons (Fsp3) is 0.500. The molecule has 1 fully saturated rings. The van der Waals surface area contributed by atoms with Crippen LogP contribution in [0.2, 0.25) is 0 Å². The predicted octanol–water partition coefficient (Wildman–Crippen LogP) is -0.634. The van der Waals surface area contributed by atoms with Crippen molar-refractivity contribution in [2.45, 2.75) is 18.9 Å². The highest BCUT2D eigenvalue weighted by Gasteiger charge is 2.26. The van der Waals surface area contributed by atoms with Crippen LogP contribution in [0, 0.1) is 0 Å². The van der Waals surface area contributed by atoms with E-state index >= 15 is 0 Å². The third-order valence-corrected chi connectivity index (χ3v) is 4.52. The minimum absolute atomic E-state index is 0.0128. The van der Waals surface area contributed by atoms with E-state index in [4.69, 9.17) is 5.73 Å². The lowest BCUT2D eigenvalue weighted by Gasteiger charge is -2.22. The lowest BCUT2D eigenvalue weighted by molar-refractivity contribution is 0.0933. The van der Waals surface area contributed by atoms with Gasteiger partial charge in [0.25, 0.3) is 5.91 Å². The Balaban J connectivity index is 2.01. The summed E-state index contributed by atoms with van der Waals surface area (Å²) >= 11 is 0. The molecule has 1 saturated heterocycles. The zero-order valence-corrected chi connectivity index (χ0v) is 10.5. The van der Waals surface area contributed by atoms with Crippen LogP contribution >= 0.6 is 0 Å². The number of nitrogen functional groups attached to an aromatic ring is 1. The largest absolute Gasteiger partial charge is 0.382 e. The lowest BCUT2D eigenvalue weighted by atomic mass is 10.2. The van der Waals surface area contributed by atoms with Crippen molar-refractivity contribution in [1.82, 2.24) is 15.3 Å². The van der Waals surface area contributed by atoms with Gasteiger partial charge in [0.2, 0.25) is 0 Å². The fourth-order valence-electron chi connectivity index (χ4n) is 1.85. The van der Waals surface area contributed by atoms with Gasteiger partial charge < -0.3 is 11.1 Å². The number of rotatable bonds is 2. The molecule has 0 aliphatic carbocycles. The molecule has 3 N–H and O–H groups in total. The van der Waals surface area contributed by atoms with Crippen LogP contribution in [-0.2, 0) is 9.84 Å². The number of amides is 1. The van der Waals surface area contributed by atoms with Crippen LogP contribution in [-0.4, -0.2) is 41.8 Å². The molecule has 2 rings (SSSR count). The van der Waals surface area contributed by atoms with E-state index in [-0.39, 0.29) is 29.1 Å². The van der Waals surface area contributed by atoms with E-state index in [1.165, 1.54) is 12.4 Å². The summed E-state index contributed by atoms with van der Waals surface area (Å²) < 4.78 is 22.9. The second kappa shape index (κ2) is 4.89. The van der Waals surface area contributed by atoms with E-state index in [9.17, 15) is 13.2 Å². The van der Waals surface area contributed by atoms with Gasteiger partial charge in [0.1, 0.15) is 11.5 Å². The molecule has 2 heterocycles. The summed E-state index contributed by atoms with van der Waals surface area (Å²) in [5.41, 5.74) is 5.49. The molecule has 1 amide bonds. The van der Waals surface area contributed by atoms with Crippen LogP contribution in [0.4, 0.5) is 5.82 Å². The van der Waals surface area contributed by atoms with Crippen LogP contribution < -0.4 is 11.1 Å². The zero-order valence-electron chi connectivity index (χ0n) is 9.67. The van der Waals surface area contributed by atoms with Crippen LogP contribution in [0.25, 0.3) is 0 Å². The minimum Gasteiger partial charge on any atom is -0.382 e. The first-order valence-electron chi connectivity index (χ1n) is 5.55. The van der Waals surface area contributed by atoms with Crippen molar-refractivity contribution in [3.05, 3.63) is 18.1 Å². The number of carbonyl (C=O) groups is 1. The summed E-state index contributed by atoms with van der Waals surface area (Å²) in [6, 6.07) is -0.351. The molecule has 1 aromatic rings. The Labute approximate surface area is 105 Å². The number of hydrogen-bond acceptors (Lipinski definition) is 6. The quantitative estimate of drug-likeness (QED) is 0.739. The highest BCUT2D eigenvalue weighted by Crippen LogP contribution is 2.12. The smallest absolute Gasteiger partial charge is 0.271 e. The highest BCUT2D eigenvalue weighted by molar-refractivity contribution is 7.91. The van der Waals surface area contributed by atoms with E-state index in [0.717, 1.165) is 0 Å². The number of sulfone groups is 1. The number of nitrogens with two attached hydrogens (primary N) is 1. The van der Waals surface area contributed by atoms with E-state index in [2.05, 4.69) is 15.3 Å². The summed E-state index contributed by atoms with van der Waals surface area (Å²) in [6.45, 7) is 0. The number of nitrogens with zero attached hydrogens (tertiary/aromatic N) is 2. The summed E-state index contributed by atoms with van der Waals surface area (Å²) in [5, 5.41) is 2.65. The first-order chi connectivity index (χ1) is 8.46. The van der Waals surface area contributed by atoms with E-state index in [0.29, 0.717) is 12.8 Å². The molecule has 98 valence electrons. The first-order valence-corrected chi connectivity index (χ1v) is 7.37. The van der Waals surface area contributed by atoms with Crippen LogP contribution in [0.3, 0.4) is 0 Å². The topological polar surface area (TPSA) is 115 Å². The van der Waals surface area contributed by atoms with Gasteiger partial charge in [-0.1, -0.05) is 0 Å². The number of aromatic nitrogens is 2.